The molecule has 4 heteroatoms. The third-order valence-electron chi connectivity index (χ3n) is 2.86. The molecule has 0 amide bonds. The van der Waals surface area contributed by atoms with E-state index >= 15 is 0 Å². The second-order valence-corrected chi connectivity index (χ2v) is 4.11. The number of nitrogens with one attached hydrogen (secondary N) is 1. The summed E-state index contributed by atoms with van der Waals surface area (Å²) in [5, 5.41) is 0. The van der Waals surface area contributed by atoms with Crippen molar-refractivity contribution in [2.24, 2.45) is 5.73 Å². The smallest absolute Gasteiger partial charge is 0.254 e. The SMILES string of the molecule is CCc1nc([C@](C)(N)CC)[nH]c(=O)c1C. The van der Waals surface area contributed by atoms with Crippen LogP contribution in [0.25, 0.3) is 0 Å². The van der Waals surface area contributed by atoms with Gasteiger partial charge in [-0.3, -0.25) is 4.79 Å². The highest BCUT2D eigenvalue weighted by Gasteiger charge is 2.22. The third-order valence-corrected chi connectivity index (χ3v) is 2.86. The van der Waals surface area contributed by atoms with Crippen LogP contribution in [-0.2, 0) is 12.0 Å². The number of hydrogen-bond donors (Lipinski definition) is 2. The number of nitrogens with two attached hydrogens (primary N) is 1. The van der Waals surface area contributed by atoms with E-state index in [1.807, 2.05) is 20.8 Å². The molecule has 3 N–H and O–H groups in total. The summed E-state index contributed by atoms with van der Waals surface area (Å²) >= 11 is 0. The van der Waals surface area contributed by atoms with Gasteiger partial charge in [0.1, 0.15) is 5.82 Å². The molecule has 84 valence electrons. The molecule has 1 aromatic rings. The Morgan fingerprint density at radius 1 is 1.47 bits per heavy atom. The van der Waals surface area contributed by atoms with Crippen LogP contribution in [0.2, 0.25) is 0 Å². The average Bonchev–Trinajstić information content (AvgIpc) is 2.21. The van der Waals surface area contributed by atoms with E-state index in [1.165, 1.54) is 0 Å². The van der Waals surface area contributed by atoms with Gasteiger partial charge in [-0.15, -0.1) is 0 Å². The van der Waals surface area contributed by atoms with Gasteiger partial charge in [0.25, 0.3) is 5.56 Å². The molecule has 0 spiro atoms. The van der Waals surface area contributed by atoms with Gasteiger partial charge in [0, 0.05) is 5.56 Å². The van der Waals surface area contributed by atoms with Crippen LogP contribution in [0.15, 0.2) is 4.79 Å². The first-order valence-corrected chi connectivity index (χ1v) is 5.31. The highest BCUT2D eigenvalue weighted by molar-refractivity contribution is 5.18. The van der Waals surface area contributed by atoms with E-state index in [-0.39, 0.29) is 5.56 Å². The normalized spacial score (nSPS) is 15.0. The van der Waals surface area contributed by atoms with Crippen LogP contribution >= 0.6 is 0 Å². The fraction of sp³-hybridized carbons (Fsp3) is 0.636. The molecule has 0 aliphatic heterocycles. The number of aromatic nitrogens is 2. The van der Waals surface area contributed by atoms with Crippen molar-refractivity contribution in [3.63, 3.8) is 0 Å². The zero-order valence-electron chi connectivity index (χ0n) is 9.85. The monoisotopic (exact) mass is 209 g/mol. The molecule has 0 bridgehead atoms. The summed E-state index contributed by atoms with van der Waals surface area (Å²) in [7, 11) is 0. The van der Waals surface area contributed by atoms with E-state index in [9.17, 15) is 4.79 Å². The molecule has 0 saturated heterocycles. The first kappa shape index (κ1) is 11.9. The highest BCUT2D eigenvalue weighted by Crippen LogP contribution is 2.16. The molecule has 1 atom stereocenters. The van der Waals surface area contributed by atoms with Crippen LogP contribution in [0.4, 0.5) is 0 Å². The summed E-state index contributed by atoms with van der Waals surface area (Å²) < 4.78 is 0. The lowest BCUT2D eigenvalue weighted by Crippen LogP contribution is -2.37. The van der Waals surface area contributed by atoms with Gasteiger partial charge in [-0.25, -0.2) is 4.98 Å². The van der Waals surface area contributed by atoms with Crippen LogP contribution in [0.1, 0.15) is 44.3 Å². The molecule has 0 aromatic carbocycles. The molecule has 0 unspecified atom stereocenters. The molecule has 0 saturated carbocycles. The number of nitrogens with zero attached hydrogens (tertiary/aromatic N) is 1. The van der Waals surface area contributed by atoms with E-state index in [0.717, 1.165) is 18.5 Å². The Bertz CT molecular complexity index is 407. The Morgan fingerprint density at radius 3 is 2.53 bits per heavy atom. The van der Waals surface area contributed by atoms with Gasteiger partial charge < -0.3 is 10.7 Å². The lowest BCUT2D eigenvalue weighted by molar-refractivity contribution is 0.441. The van der Waals surface area contributed by atoms with Crippen molar-refractivity contribution < 1.29 is 0 Å². The summed E-state index contributed by atoms with van der Waals surface area (Å²) in [6.07, 6.45) is 1.49. The minimum atomic E-state index is -0.559. The molecule has 0 fully saturated rings. The maximum absolute atomic E-state index is 11.6. The van der Waals surface area contributed by atoms with E-state index < -0.39 is 5.54 Å². The molecule has 0 radical (unpaired) electrons. The lowest BCUT2D eigenvalue weighted by atomic mass is 9.99. The maximum Gasteiger partial charge on any atom is 0.254 e. The van der Waals surface area contributed by atoms with E-state index in [4.69, 9.17) is 5.73 Å². The Hall–Kier alpha value is -1.16. The molecule has 0 aliphatic carbocycles. The number of rotatable bonds is 3. The quantitative estimate of drug-likeness (QED) is 0.786. The average molecular weight is 209 g/mol. The second kappa shape index (κ2) is 4.14. The molecule has 4 nitrogen and oxygen atoms in total. The number of H-pyrrole nitrogens is 1. The van der Waals surface area contributed by atoms with Crippen molar-refractivity contribution in [3.8, 4) is 0 Å². The molecule has 1 heterocycles. The summed E-state index contributed by atoms with van der Waals surface area (Å²) in [6, 6.07) is 0. The largest absolute Gasteiger partial charge is 0.319 e. The van der Waals surface area contributed by atoms with Crippen LogP contribution in [0.5, 0.6) is 0 Å². The van der Waals surface area contributed by atoms with Crippen molar-refractivity contribution in [1.29, 1.82) is 0 Å². The Kier molecular flexibility index (Phi) is 3.29. The first-order chi connectivity index (χ1) is 6.92. The van der Waals surface area contributed by atoms with Gasteiger partial charge in [0.05, 0.1) is 11.2 Å². The highest BCUT2D eigenvalue weighted by atomic mass is 16.1. The Morgan fingerprint density at radius 2 is 2.07 bits per heavy atom. The fourth-order valence-corrected chi connectivity index (χ4v) is 1.36. The van der Waals surface area contributed by atoms with Crippen LogP contribution in [0, 0.1) is 6.92 Å². The van der Waals surface area contributed by atoms with Crippen LogP contribution < -0.4 is 11.3 Å². The van der Waals surface area contributed by atoms with Crippen molar-refractivity contribution in [2.45, 2.75) is 46.1 Å². The van der Waals surface area contributed by atoms with E-state index in [0.29, 0.717) is 11.4 Å². The van der Waals surface area contributed by atoms with Crippen molar-refractivity contribution in [3.05, 3.63) is 27.4 Å². The van der Waals surface area contributed by atoms with Crippen molar-refractivity contribution in [1.82, 2.24) is 9.97 Å². The summed E-state index contributed by atoms with van der Waals surface area (Å²) in [6.45, 7) is 7.62. The summed E-state index contributed by atoms with van der Waals surface area (Å²) in [5.41, 5.74) is 6.93. The predicted octanol–water partition coefficient (Wildman–Crippen LogP) is 1.22. The Labute approximate surface area is 89.9 Å². The zero-order chi connectivity index (χ0) is 11.6. The van der Waals surface area contributed by atoms with Crippen LogP contribution in [0.3, 0.4) is 0 Å². The minimum Gasteiger partial charge on any atom is -0.319 e. The third kappa shape index (κ3) is 2.26. The van der Waals surface area contributed by atoms with Gasteiger partial charge in [-0.2, -0.15) is 0 Å². The second-order valence-electron chi connectivity index (χ2n) is 4.11. The molecule has 1 rings (SSSR count). The minimum absolute atomic E-state index is 0.0815. The lowest BCUT2D eigenvalue weighted by Gasteiger charge is -2.22. The molecular formula is C11H19N3O. The number of aryl methyl sites for hydroxylation is 1. The molecular weight excluding hydrogens is 190 g/mol. The van der Waals surface area contributed by atoms with E-state index in [1.54, 1.807) is 6.92 Å². The standard InChI is InChI=1S/C11H19N3O/c1-5-8-7(3)9(15)14-10(13-8)11(4,12)6-2/h5-6,12H2,1-4H3,(H,13,14,15)/t11-/m1/s1. The molecule has 1 aromatic heterocycles. The van der Waals surface area contributed by atoms with E-state index in [2.05, 4.69) is 9.97 Å². The fourth-order valence-electron chi connectivity index (χ4n) is 1.36. The zero-order valence-corrected chi connectivity index (χ0v) is 9.85. The van der Waals surface area contributed by atoms with Gasteiger partial charge in [0.15, 0.2) is 0 Å². The maximum atomic E-state index is 11.6. The molecule has 15 heavy (non-hydrogen) atoms. The van der Waals surface area contributed by atoms with Crippen LogP contribution in [-0.4, -0.2) is 9.97 Å². The topological polar surface area (TPSA) is 71.8 Å². The summed E-state index contributed by atoms with van der Waals surface area (Å²) in [4.78, 5) is 18.8. The van der Waals surface area contributed by atoms with Crippen molar-refractivity contribution >= 4 is 0 Å². The Balaban J connectivity index is 3.35. The summed E-state index contributed by atoms with van der Waals surface area (Å²) in [5.74, 6) is 0.581. The first-order valence-electron chi connectivity index (χ1n) is 5.31. The van der Waals surface area contributed by atoms with Gasteiger partial charge in [-0.1, -0.05) is 13.8 Å². The van der Waals surface area contributed by atoms with Gasteiger partial charge in [0.2, 0.25) is 0 Å². The number of aromatic amines is 1. The molecule has 0 aliphatic rings. The number of hydrogen-bond acceptors (Lipinski definition) is 3. The van der Waals surface area contributed by atoms with Gasteiger partial charge in [-0.05, 0) is 26.7 Å². The van der Waals surface area contributed by atoms with Gasteiger partial charge >= 0.3 is 0 Å². The predicted molar refractivity (Wildman–Crippen MR) is 60.8 cm³/mol. The van der Waals surface area contributed by atoms with Crippen molar-refractivity contribution in [2.75, 3.05) is 0 Å².